The fourth-order valence-corrected chi connectivity index (χ4v) is 1.83. The molecule has 1 rings (SSSR count). The van der Waals surface area contributed by atoms with Crippen molar-refractivity contribution in [3.63, 3.8) is 0 Å². The molecule has 0 aliphatic carbocycles. The van der Waals surface area contributed by atoms with Crippen LogP contribution in [0.2, 0.25) is 0 Å². The summed E-state index contributed by atoms with van der Waals surface area (Å²) in [5.74, 6) is 0. The van der Waals surface area contributed by atoms with Gasteiger partial charge < -0.3 is 11.5 Å². The van der Waals surface area contributed by atoms with Crippen molar-refractivity contribution in [3.05, 3.63) is 57.5 Å². The quantitative estimate of drug-likeness (QED) is 0.597. The number of benzene rings is 1. The predicted molar refractivity (Wildman–Crippen MR) is 89.5 cm³/mol. The fourth-order valence-electron chi connectivity index (χ4n) is 1.34. The van der Waals surface area contributed by atoms with Crippen molar-refractivity contribution in [1.29, 1.82) is 0 Å². The Balaban J connectivity index is 3.29. The number of rotatable bonds is 4. The number of allylic oxidation sites excluding steroid dienone is 4. The Hall–Kier alpha value is -1.26. The summed E-state index contributed by atoms with van der Waals surface area (Å²) in [5, 5.41) is 0. The van der Waals surface area contributed by atoms with E-state index >= 15 is 0 Å². The van der Waals surface area contributed by atoms with E-state index in [4.69, 9.17) is 11.5 Å². The molecule has 1 aromatic rings. The highest BCUT2D eigenvalue weighted by Crippen LogP contribution is 2.29. The number of hydrogen-bond acceptors (Lipinski definition) is 2. The lowest BCUT2D eigenvalue weighted by molar-refractivity contribution is 1.59. The minimum Gasteiger partial charge on any atom is -0.397 e. The van der Waals surface area contributed by atoms with E-state index in [9.17, 15) is 0 Å². The molecule has 0 amide bonds. The molecule has 4 heteroatoms. The molecule has 0 spiro atoms. The van der Waals surface area contributed by atoms with Gasteiger partial charge in [0.15, 0.2) is 0 Å². The van der Waals surface area contributed by atoms with Crippen molar-refractivity contribution in [2.24, 2.45) is 0 Å². The Bertz CT molecular complexity index is 494. The van der Waals surface area contributed by atoms with Crippen LogP contribution in [-0.2, 0) is 0 Å². The van der Waals surface area contributed by atoms with E-state index in [0.29, 0.717) is 11.4 Å². The molecule has 0 aromatic heterocycles. The van der Waals surface area contributed by atoms with E-state index in [0.717, 1.165) is 20.1 Å². The zero-order valence-corrected chi connectivity index (χ0v) is 13.0. The number of nitrogens with two attached hydrogens (primary N) is 2. The summed E-state index contributed by atoms with van der Waals surface area (Å²) in [6, 6.07) is 3.82. The van der Waals surface area contributed by atoms with Gasteiger partial charge in [0.05, 0.1) is 11.4 Å². The van der Waals surface area contributed by atoms with Gasteiger partial charge in [-0.15, -0.1) is 0 Å². The molecule has 0 fully saturated rings. The summed E-state index contributed by atoms with van der Waals surface area (Å²) in [5.41, 5.74) is 14.8. The first-order chi connectivity index (χ1) is 8.49. The van der Waals surface area contributed by atoms with Crippen molar-refractivity contribution >= 4 is 55.4 Å². The summed E-state index contributed by atoms with van der Waals surface area (Å²) in [6.45, 7) is 7.33. The maximum Gasteiger partial charge on any atom is 0.0627 e. The predicted octanol–water partition coefficient (Wildman–Crippen LogP) is 4.69. The second-order valence-corrected chi connectivity index (χ2v) is 5.37. The first kappa shape index (κ1) is 14.8. The monoisotopic (exact) mass is 368 g/mol. The number of halogens is 2. The molecule has 0 heterocycles. The van der Waals surface area contributed by atoms with E-state index in [1.54, 1.807) is 12.2 Å². The minimum absolute atomic E-state index is 0.548. The molecule has 1 aromatic carbocycles. The third-order valence-corrected chi connectivity index (χ3v) is 3.44. The van der Waals surface area contributed by atoms with Crippen LogP contribution >= 0.6 is 31.9 Å². The summed E-state index contributed by atoms with van der Waals surface area (Å²) in [4.78, 5) is 0. The van der Waals surface area contributed by atoms with Gasteiger partial charge in [-0.2, -0.15) is 0 Å². The Labute approximate surface area is 124 Å². The van der Waals surface area contributed by atoms with E-state index < -0.39 is 0 Å². The summed E-state index contributed by atoms with van der Waals surface area (Å²) in [7, 11) is 0. The van der Waals surface area contributed by atoms with Crippen LogP contribution in [0.5, 0.6) is 0 Å². The molecule has 2 nitrogen and oxygen atoms in total. The van der Waals surface area contributed by atoms with E-state index in [1.807, 2.05) is 24.3 Å². The van der Waals surface area contributed by atoms with Gasteiger partial charge in [-0.05, 0) is 12.2 Å². The van der Waals surface area contributed by atoms with Gasteiger partial charge in [0, 0.05) is 20.1 Å². The molecule has 0 unspecified atom stereocenters. The number of anilines is 2. The van der Waals surface area contributed by atoms with Gasteiger partial charge >= 0.3 is 0 Å². The van der Waals surface area contributed by atoms with Gasteiger partial charge in [-0.25, -0.2) is 0 Å². The lowest BCUT2D eigenvalue weighted by Gasteiger charge is -2.08. The molecule has 18 heavy (non-hydrogen) atoms. The zero-order valence-electron chi connectivity index (χ0n) is 9.79. The average Bonchev–Trinajstić information content (AvgIpc) is 2.37. The normalized spacial score (nSPS) is 12.3. The second-order valence-electron chi connectivity index (χ2n) is 3.54. The Morgan fingerprint density at radius 1 is 0.889 bits per heavy atom. The molecule has 0 bridgehead atoms. The first-order valence-electron chi connectivity index (χ1n) is 5.16. The Morgan fingerprint density at radius 3 is 1.50 bits per heavy atom. The molecule has 0 atom stereocenters. The topological polar surface area (TPSA) is 52.0 Å². The molecule has 0 aliphatic heterocycles. The molecule has 94 valence electrons. The van der Waals surface area contributed by atoms with Crippen LogP contribution in [-0.4, -0.2) is 0 Å². The largest absolute Gasteiger partial charge is 0.397 e. The first-order valence-corrected chi connectivity index (χ1v) is 6.75. The third kappa shape index (κ3) is 3.62. The highest BCUT2D eigenvalue weighted by Gasteiger charge is 2.05. The van der Waals surface area contributed by atoms with Crippen LogP contribution in [0.25, 0.3) is 12.2 Å². The van der Waals surface area contributed by atoms with E-state index in [-0.39, 0.29) is 0 Å². The maximum absolute atomic E-state index is 6.01. The van der Waals surface area contributed by atoms with Crippen LogP contribution < -0.4 is 11.5 Å². The van der Waals surface area contributed by atoms with Gasteiger partial charge in [0.1, 0.15) is 0 Å². The summed E-state index contributed by atoms with van der Waals surface area (Å²) < 4.78 is 1.70. The van der Waals surface area contributed by atoms with Gasteiger partial charge in [0.2, 0.25) is 0 Å². The van der Waals surface area contributed by atoms with Crippen LogP contribution in [0.4, 0.5) is 11.4 Å². The average molecular weight is 370 g/mol. The van der Waals surface area contributed by atoms with Crippen molar-refractivity contribution in [1.82, 2.24) is 0 Å². The van der Waals surface area contributed by atoms with Crippen LogP contribution in [0.3, 0.4) is 0 Å². The lowest BCUT2D eigenvalue weighted by atomic mass is 10.1. The molecular weight excluding hydrogens is 356 g/mol. The van der Waals surface area contributed by atoms with Crippen LogP contribution in [0.15, 0.2) is 46.4 Å². The maximum atomic E-state index is 6.01. The highest BCUT2D eigenvalue weighted by molar-refractivity contribution is 9.12. The van der Waals surface area contributed by atoms with Crippen LogP contribution in [0.1, 0.15) is 11.1 Å². The Morgan fingerprint density at radius 2 is 1.22 bits per heavy atom. The standard InChI is InChI=1S/C14H14Br2N2/c1-3-11(15)7-9-5-6-10(8-12(16)4-2)14(18)13(9)17/h3-8H,1-2,17-18H2/b11-7+,12-8+. The highest BCUT2D eigenvalue weighted by atomic mass is 79.9. The number of hydrogen-bond donors (Lipinski definition) is 2. The van der Waals surface area contributed by atoms with Gasteiger partial charge in [-0.3, -0.25) is 0 Å². The van der Waals surface area contributed by atoms with Gasteiger partial charge in [-0.1, -0.05) is 69.3 Å². The van der Waals surface area contributed by atoms with Crippen LogP contribution in [0, 0.1) is 0 Å². The second kappa shape index (κ2) is 6.61. The lowest BCUT2D eigenvalue weighted by Crippen LogP contribution is -1.99. The molecule has 0 saturated heterocycles. The van der Waals surface area contributed by atoms with Crippen molar-refractivity contribution in [2.45, 2.75) is 0 Å². The van der Waals surface area contributed by atoms with Gasteiger partial charge in [0.25, 0.3) is 0 Å². The smallest absolute Gasteiger partial charge is 0.0627 e. The fraction of sp³-hybridized carbons (Fsp3) is 0. The molecule has 0 radical (unpaired) electrons. The third-order valence-electron chi connectivity index (χ3n) is 2.33. The van der Waals surface area contributed by atoms with Crippen molar-refractivity contribution in [3.8, 4) is 0 Å². The SMILES string of the molecule is C=C/C(Br)=C\c1ccc(/C=C(/Br)C=C)c(N)c1N. The summed E-state index contributed by atoms with van der Waals surface area (Å²) >= 11 is 6.71. The molecule has 0 aliphatic rings. The molecule has 4 N–H and O–H groups in total. The summed E-state index contributed by atoms with van der Waals surface area (Å²) in [6.07, 6.45) is 7.12. The van der Waals surface area contributed by atoms with E-state index in [1.165, 1.54) is 0 Å². The minimum atomic E-state index is 0.548. The van der Waals surface area contributed by atoms with Crippen molar-refractivity contribution in [2.75, 3.05) is 11.5 Å². The molecular formula is C14H14Br2N2. The van der Waals surface area contributed by atoms with Crippen molar-refractivity contribution < 1.29 is 0 Å². The zero-order chi connectivity index (χ0) is 13.7. The Kier molecular flexibility index (Phi) is 5.44. The van der Waals surface area contributed by atoms with E-state index in [2.05, 4.69) is 45.0 Å². The molecule has 0 saturated carbocycles. The number of nitrogen functional groups attached to an aromatic ring is 2.